The summed E-state index contributed by atoms with van der Waals surface area (Å²) in [7, 11) is 0. The number of hydrogen-bond acceptors (Lipinski definition) is 3. The fourth-order valence-corrected chi connectivity index (χ4v) is 3.79. The molecular weight excluding hydrogens is 346 g/mol. The molecule has 1 heterocycles. The van der Waals surface area contributed by atoms with Crippen molar-refractivity contribution in [2.45, 2.75) is 39.5 Å². The van der Waals surface area contributed by atoms with Crippen molar-refractivity contribution in [3.05, 3.63) is 65.7 Å². The van der Waals surface area contributed by atoms with E-state index in [0.717, 1.165) is 47.1 Å². The van der Waals surface area contributed by atoms with E-state index in [1.807, 2.05) is 42.5 Å². The minimum atomic E-state index is -0.183. The molecule has 1 atom stereocenters. The Bertz CT molecular complexity index is 1040. The van der Waals surface area contributed by atoms with Crippen LogP contribution < -0.4 is 5.43 Å². The first-order chi connectivity index (χ1) is 13.6. The van der Waals surface area contributed by atoms with Crippen LogP contribution in [0.25, 0.3) is 22.2 Å². The van der Waals surface area contributed by atoms with Crippen LogP contribution in [-0.2, 0) is 0 Å². The average Bonchev–Trinajstić information content (AvgIpc) is 2.72. The lowest BCUT2D eigenvalue weighted by Crippen LogP contribution is -2.22. The molecule has 0 saturated heterocycles. The number of nitrogens with one attached hydrogen (secondary N) is 1. The predicted octanol–water partition coefficient (Wildman–Crippen LogP) is 5.51. The summed E-state index contributed by atoms with van der Waals surface area (Å²) in [4.78, 5) is 17.7. The standard InChI is InChI=1S/C24H25N3O/c1-16-10-12-18(13-11-16)23-15-21(20-8-3-4-9-22(20)25-23)24(28)27-26-19-7-5-6-17(2)14-19/h3-4,8-13,15,17H,5-7,14H2,1-2H3,(H,27,28)/b26-19-/t17-/m0/s1. The van der Waals surface area contributed by atoms with Gasteiger partial charge in [-0.05, 0) is 50.7 Å². The van der Waals surface area contributed by atoms with E-state index in [4.69, 9.17) is 4.98 Å². The SMILES string of the molecule is Cc1ccc(-c2cc(C(=O)N/N=C3/CCC[C@H](C)C3)c3ccccc3n2)cc1. The molecule has 2 aromatic carbocycles. The molecule has 0 radical (unpaired) electrons. The van der Waals surface area contributed by atoms with Gasteiger partial charge in [0.25, 0.3) is 5.91 Å². The number of hydrazone groups is 1. The fourth-order valence-electron chi connectivity index (χ4n) is 3.79. The minimum absolute atomic E-state index is 0.183. The maximum absolute atomic E-state index is 13.0. The van der Waals surface area contributed by atoms with Gasteiger partial charge in [0.15, 0.2) is 0 Å². The van der Waals surface area contributed by atoms with Gasteiger partial charge in [-0.1, -0.05) is 55.0 Å². The molecule has 0 bridgehead atoms. The van der Waals surface area contributed by atoms with Crippen molar-refractivity contribution in [3.8, 4) is 11.3 Å². The first-order valence-corrected chi connectivity index (χ1v) is 9.93. The number of rotatable bonds is 3. The highest BCUT2D eigenvalue weighted by molar-refractivity contribution is 6.07. The minimum Gasteiger partial charge on any atom is -0.267 e. The van der Waals surface area contributed by atoms with E-state index in [0.29, 0.717) is 11.5 Å². The molecule has 3 aromatic rings. The van der Waals surface area contributed by atoms with Gasteiger partial charge >= 0.3 is 0 Å². The average molecular weight is 371 g/mol. The van der Waals surface area contributed by atoms with Crippen LogP contribution in [-0.4, -0.2) is 16.6 Å². The number of benzene rings is 2. The number of hydrogen-bond donors (Lipinski definition) is 1. The molecule has 0 unspecified atom stereocenters. The Morgan fingerprint density at radius 1 is 1.14 bits per heavy atom. The van der Waals surface area contributed by atoms with Gasteiger partial charge < -0.3 is 0 Å². The van der Waals surface area contributed by atoms with Gasteiger partial charge in [0.2, 0.25) is 0 Å². The molecule has 1 aliphatic carbocycles. The first-order valence-electron chi connectivity index (χ1n) is 9.93. The van der Waals surface area contributed by atoms with Crippen LogP contribution in [0.5, 0.6) is 0 Å². The van der Waals surface area contributed by atoms with Gasteiger partial charge in [0, 0.05) is 16.7 Å². The number of nitrogens with zero attached hydrogens (tertiary/aromatic N) is 2. The maximum Gasteiger partial charge on any atom is 0.272 e. The van der Waals surface area contributed by atoms with E-state index in [9.17, 15) is 4.79 Å². The molecule has 1 saturated carbocycles. The summed E-state index contributed by atoms with van der Waals surface area (Å²) in [5.74, 6) is 0.456. The third-order valence-corrected chi connectivity index (χ3v) is 5.37. The molecule has 142 valence electrons. The smallest absolute Gasteiger partial charge is 0.267 e. The van der Waals surface area contributed by atoms with E-state index < -0.39 is 0 Å². The quantitative estimate of drug-likeness (QED) is 0.618. The molecule has 0 spiro atoms. The number of pyridine rings is 1. The molecule has 4 nitrogen and oxygen atoms in total. The van der Waals surface area contributed by atoms with E-state index in [-0.39, 0.29) is 5.91 Å². The lowest BCUT2D eigenvalue weighted by molar-refractivity contribution is 0.0956. The topological polar surface area (TPSA) is 54.4 Å². The number of carbonyl (C=O) groups excluding carboxylic acids is 1. The van der Waals surface area contributed by atoms with Gasteiger partial charge in [-0.25, -0.2) is 10.4 Å². The molecule has 0 aliphatic heterocycles. The van der Waals surface area contributed by atoms with Gasteiger partial charge in [0.1, 0.15) is 0 Å². The normalized spacial score (nSPS) is 18.4. The molecule has 1 aliphatic rings. The van der Waals surface area contributed by atoms with Crippen molar-refractivity contribution in [2.75, 3.05) is 0 Å². The van der Waals surface area contributed by atoms with E-state index in [2.05, 4.69) is 36.5 Å². The largest absolute Gasteiger partial charge is 0.272 e. The summed E-state index contributed by atoms with van der Waals surface area (Å²) in [5, 5.41) is 5.27. The zero-order valence-corrected chi connectivity index (χ0v) is 16.4. The van der Waals surface area contributed by atoms with Crippen LogP contribution in [0.1, 0.15) is 48.5 Å². The van der Waals surface area contributed by atoms with E-state index in [1.54, 1.807) is 0 Å². The number of amides is 1. The molecule has 4 rings (SSSR count). The fraction of sp³-hybridized carbons (Fsp3) is 0.292. The zero-order valence-electron chi connectivity index (χ0n) is 16.4. The highest BCUT2D eigenvalue weighted by Gasteiger charge is 2.16. The molecule has 1 aromatic heterocycles. The lowest BCUT2D eigenvalue weighted by atomic mass is 9.89. The molecule has 1 fully saturated rings. The zero-order chi connectivity index (χ0) is 19.5. The van der Waals surface area contributed by atoms with Gasteiger partial charge in [0.05, 0.1) is 16.8 Å². The van der Waals surface area contributed by atoms with Crippen LogP contribution in [0, 0.1) is 12.8 Å². The molecule has 28 heavy (non-hydrogen) atoms. The Morgan fingerprint density at radius 3 is 2.71 bits per heavy atom. The third kappa shape index (κ3) is 3.96. The number of aryl methyl sites for hydroxylation is 1. The van der Waals surface area contributed by atoms with Crippen molar-refractivity contribution >= 4 is 22.5 Å². The van der Waals surface area contributed by atoms with Crippen molar-refractivity contribution in [3.63, 3.8) is 0 Å². The van der Waals surface area contributed by atoms with Crippen LogP contribution in [0.2, 0.25) is 0 Å². The van der Waals surface area contributed by atoms with Crippen molar-refractivity contribution < 1.29 is 4.79 Å². The number of aromatic nitrogens is 1. The second-order valence-electron chi connectivity index (χ2n) is 7.76. The summed E-state index contributed by atoms with van der Waals surface area (Å²) in [6.45, 7) is 4.29. The van der Waals surface area contributed by atoms with E-state index in [1.165, 1.54) is 12.0 Å². The Kier molecular flexibility index (Phi) is 5.20. The summed E-state index contributed by atoms with van der Waals surface area (Å²) in [6.07, 6.45) is 4.32. The van der Waals surface area contributed by atoms with Gasteiger partial charge in [-0.15, -0.1) is 0 Å². The highest BCUT2D eigenvalue weighted by Crippen LogP contribution is 2.25. The monoisotopic (exact) mass is 371 g/mol. The third-order valence-electron chi connectivity index (χ3n) is 5.37. The van der Waals surface area contributed by atoms with Crippen LogP contribution >= 0.6 is 0 Å². The second kappa shape index (κ2) is 7.93. The van der Waals surface area contributed by atoms with Crippen molar-refractivity contribution in [1.29, 1.82) is 0 Å². The molecule has 1 N–H and O–H groups in total. The van der Waals surface area contributed by atoms with Crippen molar-refractivity contribution in [1.82, 2.24) is 10.4 Å². The summed E-state index contributed by atoms with van der Waals surface area (Å²) in [5.41, 5.74) is 8.28. The Balaban J connectivity index is 1.69. The number of para-hydroxylation sites is 1. The van der Waals surface area contributed by atoms with Crippen LogP contribution in [0.15, 0.2) is 59.7 Å². The molecule has 4 heteroatoms. The lowest BCUT2D eigenvalue weighted by Gasteiger charge is -2.19. The predicted molar refractivity (Wildman–Crippen MR) is 114 cm³/mol. The Labute approximate surface area is 165 Å². The van der Waals surface area contributed by atoms with Gasteiger partial charge in [-0.3, -0.25) is 4.79 Å². The Hall–Kier alpha value is -3.01. The number of carbonyl (C=O) groups is 1. The van der Waals surface area contributed by atoms with Crippen molar-refractivity contribution in [2.24, 2.45) is 11.0 Å². The van der Waals surface area contributed by atoms with Crippen LogP contribution in [0.4, 0.5) is 0 Å². The van der Waals surface area contributed by atoms with E-state index >= 15 is 0 Å². The van der Waals surface area contributed by atoms with Gasteiger partial charge in [-0.2, -0.15) is 5.10 Å². The summed E-state index contributed by atoms with van der Waals surface area (Å²) in [6, 6.07) is 17.8. The maximum atomic E-state index is 13.0. The first kappa shape index (κ1) is 18.4. The molecule has 1 amide bonds. The highest BCUT2D eigenvalue weighted by atomic mass is 16.2. The van der Waals surface area contributed by atoms with Crippen LogP contribution in [0.3, 0.4) is 0 Å². The number of fused-ring (bicyclic) bond motifs is 1. The molecular formula is C24H25N3O. The summed E-state index contributed by atoms with van der Waals surface area (Å²) < 4.78 is 0. The Morgan fingerprint density at radius 2 is 1.93 bits per heavy atom. The summed E-state index contributed by atoms with van der Waals surface area (Å²) >= 11 is 0. The second-order valence-corrected chi connectivity index (χ2v) is 7.76.